The Morgan fingerprint density at radius 1 is 0.875 bits per heavy atom. The van der Waals surface area contributed by atoms with Gasteiger partial charge in [0.05, 0.1) is 0 Å². The van der Waals surface area contributed by atoms with Gasteiger partial charge in [-0.2, -0.15) is 0 Å². The maximum atomic E-state index is 5.09. The number of rotatable bonds is 2. The summed E-state index contributed by atoms with van der Waals surface area (Å²) in [6.45, 7) is 23.8. The van der Waals surface area contributed by atoms with E-state index >= 15 is 0 Å². The van der Waals surface area contributed by atoms with E-state index in [0.29, 0.717) is 29.6 Å². The summed E-state index contributed by atoms with van der Waals surface area (Å²) in [4.78, 5) is 5.09. The quantitative estimate of drug-likeness (QED) is 0.570. The molecule has 0 saturated heterocycles. The number of aromatic nitrogens is 1. The summed E-state index contributed by atoms with van der Waals surface area (Å²) in [7, 11) is 0. The molecular formula is C23H39N. The van der Waals surface area contributed by atoms with E-state index in [-0.39, 0.29) is 0 Å². The Morgan fingerprint density at radius 3 is 1.96 bits per heavy atom. The molecule has 24 heavy (non-hydrogen) atoms. The van der Waals surface area contributed by atoms with Crippen LogP contribution in [0.3, 0.4) is 0 Å². The molecule has 1 nitrogen and oxygen atoms in total. The fourth-order valence-electron chi connectivity index (χ4n) is 4.85. The SMILES string of the molecule is Cc1nc(C(C)C)c2c(c1C)[C@H](C)[C@H](C)[C@H](C)[C@H](C)CC2C(C)C. The summed E-state index contributed by atoms with van der Waals surface area (Å²) < 4.78 is 0. The van der Waals surface area contributed by atoms with E-state index in [1.807, 2.05) is 0 Å². The summed E-state index contributed by atoms with van der Waals surface area (Å²) in [5, 5.41) is 0. The van der Waals surface area contributed by atoms with Gasteiger partial charge in [-0.3, -0.25) is 4.98 Å². The van der Waals surface area contributed by atoms with Crippen LogP contribution in [0.15, 0.2) is 0 Å². The Bertz CT molecular complexity index is 584. The second-order valence-corrected chi connectivity index (χ2v) is 9.26. The fraction of sp³-hybridized carbons (Fsp3) is 0.783. The molecule has 1 aromatic heterocycles. The molecule has 136 valence electrons. The normalized spacial score (nSPS) is 31.1. The minimum atomic E-state index is 0.494. The van der Waals surface area contributed by atoms with Gasteiger partial charge in [0, 0.05) is 11.4 Å². The minimum Gasteiger partial charge on any atom is -0.257 e. The molecule has 0 aliphatic heterocycles. The fourth-order valence-corrected chi connectivity index (χ4v) is 4.85. The summed E-state index contributed by atoms with van der Waals surface area (Å²) in [6, 6.07) is 0. The van der Waals surface area contributed by atoms with Crippen molar-refractivity contribution in [3.05, 3.63) is 28.1 Å². The Balaban J connectivity index is 2.83. The maximum Gasteiger partial charge on any atom is 0.0470 e. The molecule has 0 aromatic carbocycles. The lowest BCUT2D eigenvalue weighted by atomic mass is 9.64. The van der Waals surface area contributed by atoms with Gasteiger partial charge in [-0.15, -0.1) is 0 Å². The molecule has 1 heteroatoms. The highest BCUT2D eigenvalue weighted by atomic mass is 14.7. The summed E-state index contributed by atoms with van der Waals surface area (Å²) in [6.07, 6.45) is 1.30. The van der Waals surface area contributed by atoms with Crippen molar-refractivity contribution in [1.82, 2.24) is 4.98 Å². The minimum absolute atomic E-state index is 0.494. The molecule has 1 unspecified atom stereocenters. The molecule has 0 bridgehead atoms. The van der Waals surface area contributed by atoms with Gasteiger partial charge in [-0.25, -0.2) is 0 Å². The third-order valence-corrected chi connectivity index (χ3v) is 7.12. The number of pyridine rings is 1. The lowest BCUT2D eigenvalue weighted by molar-refractivity contribution is 0.205. The van der Waals surface area contributed by atoms with Gasteiger partial charge in [-0.05, 0) is 78.4 Å². The van der Waals surface area contributed by atoms with E-state index < -0.39 is 0 Å². The van der Waals surface area contributed by atoms with Gasteiger partial charge in [-0.1, -0.05) is 55.4 Å². The Labute approximate surface area is 150 Å². The van der Waals surface area contributed by atoms with Gasteiger partial charge in [0.15, 0.2) is 0 Å². The molecule has 1 aliphatic rings. The van der Waals surface area contributed by atoms with Crippen LogP contribution in [0, 0.1) is 37.5 Å². The smallest absolute Gasteiger partial charge is 0.0470 e. The molecule has 0 N–H and O–H groups in total. The van der Waals surface area contributed by atoms with E-state index in [4.69, 9.17) is 4.98 Å². The van der Waals surface area contributed by atoms with Crippen molar-refractivity contribution in [2.45, 2.75) is 93.4 Å². The zero-order chi connectivity index (χ0) is 18.3. The van der Waals surface area contributed by atoms with Crippen LogP contribution in [0.25, 0.3) is 0 Å². The third kappa shape index (κ3) is 3.28. The molecule has 0 radical (unpaired) electrons. The highest BCUT2D eigenvalue weighted by Crippen LogP contribution is 2.48. The van der Waals surface area contributed by atoms with E-state index in [1.54, 1.807) is 11.1 Å². The second kappa shape index (κ2) is 7.18. The predicted octanol–water partition coefficient (Wildman–Crippen LogP) is 6.98. The third-order valence-electron chi connectivity index (χ3n) is 7.12. The van der Waals surface area contributed by atoms with Crippen LogP contribution in [0.1, 0.15) is 108 Å². The average molecular weight is 330 g/mol. The van der Waals surface area contributed by atoms with Crippen molar-refractivity contribution < 1.29 is 0 Å². The van der Waals surface area contributed by atoms with Crippen molar-refractivity contribution in [2.24, 2.45) is 23.7 Å². The topological polar surface area (TPSA) is 12.9 Å². The van der Waals surface area contributed by atoms with Gasteiger partial charge < -0.3 is 0 Å². The van der Waals surface area contributed by atoms with Crippen molar-refractivity contribution in [2.75, 3.05) is 0 Å². The first kappa shape index (κ1) is 19.5. The van der Waals surface area contributed by atoms with E-state index in [0.717, 1.165) is 11.8 Å². The molecular weight excluding hydrogens is 290 g/mol. The van der Waals surface area contributed by atoms with Crippen LogP contribution < -0.4 is 0 Å². The van der Waals surface area contributed by atoms with Crippen LogP contribution in [0.5, 0.6) is 0 Å². The molecule has 0 saturated carbocycles. The number of hydrogen-bond donors (Lipinski definition) is 0. The van der Waals surface area contributed by atoms with Gasteiger partial charge in [0.2, 0.25) is 0 Å². The van der Waals surface area contributed by atoms with Crippen molar-refractivity contribution in [3.8, 4) is 0 Å². The highest BCUT2D eigenvalue weighted by Gasteiger charge is 2.36. The van der Waals surface area contributed by atoms with Crippen molar-refractivity contribution in [3.63, 3.8) is 0 Å². The molecule has 1 aromatic rings. The van der Waals surface area contributed by atoms with Crippen molar-refractivity contribution in [1.29, 1.82) is 0 Å². The number of nitrogens with zero attached hydrogens (tertiary/aromatic N) is 1. The molecule has 0 spiro atoms. The van der Waals surface area contributed by atoms with Crippen LogP contribution >= 0.6 is 0 Å². The molecule has 5 atom stereocenters. The second-order valence-electron chi connectivity index (χ2n) is 9.26. The first-order valence-electron chi connectivity index (χ1n) is 10.1. The summed E-state index contributed by atoms with van der Waals surface area (Å²) in [5.41, 5.74) is 7.30. The maximum absolute atomic E-state index is 5.09. The van der Waals surface area contributed by atoms with Crippen LogP contribution in [-0.2, 0) is 0 Å². The first-order chi connectivity index (χ1) is 11.1. The number of hydrogen-bond acceptors (Lipinski definition) is 1. The molecule has 0 amide bonds. The monoisotopic (exact) mass is 329 g/mol. The van der Waals surface area contributed by atoms with Crippen LogP contribution in [0.4, 0.5) is 0 Å². The number of aryl methyl sites for hydroxylation is 1. The zero-order valence-corrected chi connectivity index (χ0v) is 17.7. The van der Waals surface area contributed by atoms with Crippen molar-refractivity contribution >= 4 is 0 Å². The molecule has 1 heterocycles. The van der Waals surface area contributed by atoms with E-state index in [1.165, 1.54) is 23.4 Å². The Morgan fingerprint density at radius 2 is 1.46 bits per heavy atom. The molecule has 2 rings (SSSR count). The lowest BCUT2D eigenvalue weighted by Gasteiger charge is -2.41. The van der Waals surface area contributed by atoms with Gasteiger partial charge >= 0.3 is 0 Å². The summed E-state index contributed by atoms with van der Waals surface area (Å²) >= 11 is 0. The standard InChI is InChI=1S/C23H39N/c1-12(2)20-11-14(5)15(6)16(7)17(8)21-18(9)19(10)24-23(13(3)4)22(20)21/h12-17,20H,11H2,1-10H3/t14-,15-,16-,17-,20?/m1/s1. The van der Waals surface area contributed by atoms with Crippen LogP contribution in [-0.4, -0.2) is 4.98 Å². The summed E-state index contributed by atoms with van der Waals surface area (Å²) in [5.74, 6) is 4.66. The van der Waals surface area contributed by atoms with E-state index in [2.05, 4.69) is 69.2 Å². The van der Waals surface area contributed by atoms with Gasteiger partial charge in [0.1, 0.15) is 0 Å². The molecule has 0 fully saturated rings. The largest absolute Gasteiger partial charge is 0.257 e. The first-order valence-corrected chi connectivity index (χ1v) is 10.1. The molecule has 1 aliphatic carbocycles. The highest BCUT2D eigenvalue weighted by molar-refractivity contribution is 5.46. The van der Waals surface area contributed by atoms with Gasteiger partial charge in [0.25, 0.3) is 0 Å². The van der Waals surface area contributed by atoms with E-state index in [9.17, 15) is 0 Å². The number of fused-ring (bicyclic) bond motifs is 1. The average Bonchev–Trinajstić information content (AvgIpc) is 2.51. The predicted molar refractivity (Wildman–Crippen MR) is 106 cm³/mol. The van der Waals surface area contributed by atoms with Crippen LogP contribution in [0.2, 0.25) is 0 Å². The Kier molecular flexibility index (Phi) is 5.83. The lowest BCUT2D eigenvalue weighted by Crippen LogP contribution is -2.30. The Hall–Kier alpha value is -0.850. The zero-order valence-electron chi connectivity index (χ0n) is 17.7.